The van der Waals surface area contributed by atoms with Crippen molar-refractivity contribution in [3.8, 4) is 11.5 Å². The molecule has 3 heterocycles. The maximum atomic E-state index is 13.1. The van der Waals surface area contributed by atoms with Gasteiger partial charge in [0.25, 0.3) is 0 Å². The minimum atomic E-state index is -3.68. The van der Waals surface area contributed by atoms with Gasteiger partial charge in [-0.15, -0.1) is 10.2 Å². The Kier molecular flexibility index (Phi) is 4.60. The van der Waals surface area contributed by atoms with E-state index in [4.69, 9.17) is 4.42 Å². The molecule has 1 atom stereocenters. The predicted molar refractivity (Wildman–Crippen MR) is 94.7 cm³/mol. The van der Waals surface area contributed by atoms with E-state index in [0.29, 0.717) is 24.7 Å². The number of hydrogen-bond acceptors (Lipinski definition) is 6. The molecule has 3 aromatic rings. The number of aromatic nitrogens is 2. The lowest BCUT2D eigenvalue weighted by atomic mass is 10.00. The predicted octanol–water partition coefficient (Wildman–Crippen LogP) is 3.51. The van der Waals surface area contributed by atoms with Crippen molar-refractivity contribution in [2.24, 2.45) is 0 Å². The minimum absolute atomic E-state index is 0.0871. The Hall–Kier alpha value is -2.10. The molecule has 1 aromatic carbocycles. The summed E-state index contributed by atoms with van der Waals surface area (Å²) in [6.45, 7) is 0.687. The van der Waals surface area contributed by atoms with Crippen LogP contribution in [0.1, 0.15) is 24.7 Å². The van der Waals surface area contributed by atoms with Crippen LogP contribution in [0.2, 0.25) is 0 Å². The maximum absolute atomic E-state index is 13.1. The van der Waals surface area contributed by atoms with Crippen LogP contribution in [0.3, 0.4) is 0 Å². The van der Waals surface area contributed by atoms with Crippen LogP contribution in [-0.2, 0) is 10.0 Å². The molecule has 0 N–H and O–H groups in total. The molecule has 1 aliphatic rings. The summed E-state index contributed by atoms with van der Waals surface area (Å²) < 4.78 is 45.9. The topological polar surface area (TPSA) is 76.3 Å². The van der Waals surface area contributed by atoms with E-state index in [1.165, 1.54) is 27.8 Å². The molecule has 0 radical (unpaired) electrons. The first-order valence-corrected chi connectivity index (χ1v) is 10.5. The van der Waals surface area contributed by atoms with E-state index in [1.54, 1.807) is 0 Å². The van der Waals surface area contributed by atoms with Gasteiger partial charge in [0.1, 0.15) is 5.82 Å². The van der Waals surface area contributed by atoms with Crippen LogP contribution in [0, 0.1) is 5.82 Å². The second-order valence-corrected chi connectivity index (χ2v) is 8.83. The third kappa shape index (κ3) is 3.29. The molecule has 0 spiro atoms. The first kappa shape index (κ1) is 17.3. The summed E-state index contributed by atoms with van der Waals surface area (Å²) in [5.41, 5.74) is 0.861. The number of benzene rings is 1. The van der Waals surface area contributed by atoms with Crippen molar-refractivity contribution in [1.29, 1.82) is 0 Å². The number of rotatable bonds is 4. The van der Waals surface area contributed by atoms with Gasteiger partial charge in [0, 0.05) is 24.0 Å². The highest BCUT2D eigenvalue weighted by molar-refractivity contribution is 7.89. The van der Waals surface area contributed by atoms with Gasteiger partial charge in [-0.1, -0.05) is 0 Å². The summed E-state index contributed by atoms with van der Waals surface area (Å²) in [6.07, 6.45) is 1.47. The molecule has 1 unspecified atom stereocenters. The van der Waals surface area contributed by atoms with E-state index in [1.807, 2.05) is 16.8 Å². The van der Waals surface area contributed by atoms with Gasteiger partial charge < -0.3 is 4.42 Å². The first-order chi connectivity index (χ1) is 12.5. The third-order valence-electron chi connectivity index (χ3n) is 4.39. The van der Waals surface area contributed by atoms with Crippen molar-refractivity contribution >= 4 is 21.4 Å². The van der Waals surface area contributed by atoms with E-state index in [9.17, 15) is 12.8 Å². The Labute approximate surface area is 154 Å². The SMILES string of the molecule is O=S(=O)(c1ccc(F)cc1)N1CCCC(c2nnc(-c3ccsc3)o2)C1. The Morgan fingerprint density at radius 2 is 2.00 bits per heavy atom. The van der Waals surface area contributed by atoms with Crippen LogP contribution in [0.25, 0.3) is 11.5 Å². The van der Waals surface area contributed by atoms with Gasteiger partial charge in [-0.2, -0.15) is 15.6 Å². The zero-order chi connectivity index (χ0) is 18.1. The maximum Gasteiger partial charge on any atom is 0.248 e. The van der Waals surface area contributed by atoms with E-state index < -0.39 is 15.8 Å². The molecular weight excluding hydrogens is 377 g/mol. The van der Waals surface area contributed by atoms with Crippen molar-refractivity contribution in [1.82, 2.24) is 14.5 Å². The van der Waals surface area contributed by atoms with Crippen molar-refractivity contribution in [2.75, 3.05) is 13.1 Å². The molecular formula is C17H16FN3O3S2. The van der Waals surface area contributed by atoms with Gasteiger partial charge in [0.2, 0.25) is 21.8 Å². The highest BCUT2D eigenvalue weighted by atomic mass is 32.2. The average molecular weight is 393 g/mol. The zero-order valence-electron chi connectivity index (χ0n) is 13.7. The highest BCUT2D eigenvalue weighted by Crippen LogP contribution is 2.31. The van der Waals surface area contributed by atoms with Gasteiger partial charge in [0.15, 0.2) is 0 Å². The summed E-state index contributed by atoms with van der Waals surface area (Å²) in [7, 11) is -3.68. The van der Waals surface area contributed by atoms with Crippen molar-refractivity contribution in [2.45, 2.75) is 23.7 Å². The van der Waals surface area contributed by atoms with Gasteiger partial charge >= 0.3 is 0 Å². The van der Waals surface area contributed by atoms with Gasteiger partial charge in [-0.05, 0) is 48.6 Å². The number of hydrogen-bond donors (Lipinski definition) is 0. The Bertz CT molecular complexity index is 985. The highest BCUT2D eigenvalue weighted by Gasteiger charge is 2.33. The third-order valence-corrected chi connectivity index (χ3v) is 6.96. The number of halogens is 1. The van der Waals surface area contributed by atoms with Gasteiger partial charge in [-0.25, -0.2) is 12.8 Å². The monoisotopic (exact) mass is 393 g/mol. The second-order valence-electron chi connectivity index (χ2n) is 6.11. The van der Waals surface area contributed by atoms with E-state index in [2.05, 4.69) is 10.2 Å². The lowest BCUT2D eigenvalue weighted by molar-refractivity contribution is 0.286. The Morgan fingerprint density at radius 3 is 2.73 bits per heavy atom. The van der Waals surface area contributed by atoms with Crippen molar-refractivity contribution in [3.63, 3.8) is 0 Å². The molecule has 6 nitrogen and oxygen atoms in total. The molecule has 0 amide bonds. The summed E-state index contributed by atoms with van der Waals surface area (Å²) in [4.78, 5) is 0.0871. The van der Waals surface area contributed by atoms with Crippen LogP contribution >= 0.6 is 11.3 Å². The quantitative estimate of drug-likeness (QED) is 0.678. The standard InChI is InChI=1S/C17H16FN3O3S2/c18-14-3-5-15(6-4-14)26(22,23)21-8-1-2-12(10-21)16-19-20-17(24-16)13-7-9-25-11-13/h3-7,9,11-12H,1-2,8,10H2. The fraction of sp³-hybridized carbons (Fsp3) is 0.294. The molecule has 0 bridgehead atoms. The smallest absolute Gasteiger partial charge is 0.248 e. The normalized spacial score (nSPS) is 18.9. The van der Waals surface area contributed by atoms with E-state index >= 15 is 0 Å². The number of nitrogens with zero attached hydrogens (tertiary/aromatic N) is 3. The molecule has 136 valence electrons. The van der Waals surface area contributed by atoms with Gasteiger partial charge in [0.05, 0.1) is 10.8 Å². The van der Waals surface area contributed by atoms with Crippen LogP contribution in [-0.4, -0.2) is 36.0 Å². The Morgan fingerprint density at radius 1 is 1.19 bits per heavy atom. The zero-order valence-corrected chi connectivity index (χ0v) is 15.3. The van der Waals surface area contributed by atoms with Crippen LogP contribution in [0.5, 0.6) is 0 Å². The van der Waals surface area contributed by atoms with Crippen LogP contribution in [0.15, 0.2) is 50.4 Å². The fourth-order valence-electron chi connectivity index (χ4n) is 3.02. The largest absolute Gasteiger partial charge is 0.420 e. The lowest BCUT2D eigenvalue weighted by Crippen LogP contribution is -2.39. The molecule has 9 heteroatoms. The summed E-state index contributed by atoms with van der Waals surface area (Å²) >= 11 is 1.54. The molecule has 1 aliphatic heterocycles. The molecule has 1 fully saturated rings. The molecule has 2 aromatic heterocycles. The Balaban J connectivity index is 1.55. The minimum Gasteiger partial charge on any atom is -0.420 e. The number of piperidine rings is 1. The van der Waals surface area contributed by atoms with Gasteiger partial charge in [-0.3, -0.25) is 0 Å². The van der Waals surface area contributed by atoms with E-state index in [-0.39, 0.29) is 17.4 Å². The summed E-state index contributed by atoms with van der Waals surface area (Å²) in [6, 6.07) is 6.78. The van der Waals surface area contributed by atoms with Crippen molar-refractivity contribution < 1.29 is 17.2 Å². The number of thiophene rings is 1. The summed E-state index contributed by atoms with van der Waals surface area (Å²) in [5, 5.41) is 12.0. The fourth-order valence-corrected chi connectivity index (χ4v) is 5.17. The molecule has 1 saturated heterocycles. The molecule has 26 heavy (non-hydrogen) atoms. The summed E-state index contributed by atoms with van der Waals surface area (Å²) in [5.74, 6) is 0.274. The van der Waals surface area contributed by atoms with E-state index in [0.717, 1.165) is 24.1 Å². The lowest BCUT2D eigenvalue weighted by Gasteiger charge is -2.30. The van der Waals surface area contributed by atoms with Crippen LogP contribution in [0.4, 0.5) is 4.39 Å². The number of sulfonamides is 1. The second kappa shape index (κ2) is 6.90. The first-order valence-electron chi connectivity index (χ1n) is 8.16. The molecule has 4 rings (SSSR count). The van der Waals surface area contributed by atoms with Crippen molar-refractivity contribution in [3.05, 3.63) is 52.8 Å². The molecule has 0 saturated carbocycles. The average Bonchev–Trinajstić information content (AvgIpc) is 3.34. The van der Waals surface area contributed by atoms with Crippen LogP contribution < -0.4 is 0 Å². The molecule has 0 aliphatic carbocycles.